The van der Waals surface area contributed by atoms with Crippen molar-refractivity contribution in [1.82, 2.24) is 10.2 Å². The molecule has 1 atom stereocenters. The van der Waals surface area contributed by atoms with Gasteiger partial charge >= 0.3 is 0 Å². The number of amides is 1. The molecule has 1 heterocycles. The molecular formula is C22H26ClFN2O. The standard InChI is InChI=1S/C22H26ClFN2O/c1-16(17-6-3-2-4-7-17)14-25-22(27)18-10-12-26(13-11-18)15-19-20(23)8-5-9-21(19)24/h2-9,16,18H,10-15H2,1H3,(H,25,27)/t16-/m1/s1. The van der Waals surface area contributed by atoms with Crippen molar-refractivity contribution in [2.45, 2.75) is 32.2 Å². The van der Waals surface area contributed by atoms with Gasteiger partial charge in [0.25, 0.3) is 0 Å². The number of carbonyl (C=O) groups excluding carboxylic acids is 1. The predicted molar refractivity (Wildman–Crippen MR) is 107 cm³/mol. The molecule has 1 fully saturated rings. The Hall–Kier alpha value is -1.91. The fraction of sp³-hybridized carbons (Fsp3) is 0.409. The lowest BCUT2D eigenvalue weighted by molar-refractivity contribution is -0.126. The van der Waals surface area contributed by atoms with E-state index in [0.29, 0.717) is 29.6 Å². The molecule has 0 bridgehead atoms. The maximum absolute atomic E-state index is 14.0. The lowest BCUT2D eigenvalue weighted by atomic mass is 9.95. The minimum Gasteiger partial charge on any atom is -0.355 e. The van der Waals surface area contributed by atoms with E-state index >= 15 is 0 Å². The Morgan fingerprint density at radius 2 is 1.89 bits per heavy atom. The molecule has 1 aliphatic heterocycles. The molecule has 2 aromatic rings. The van der Waals surface area contributed by atoms with Crippen LogP contribution in [0.5, 0.6) is 0 Å². The zero-order valence-corrected chi connectivity index (χ0v) is 16.4. The Balaban J connectivity index is 1.45. The van der Waals surface area contributed by atoms with Gasteiger partial charge in [-0.15, -0.1) is 0 Å². The lowest BCUT2D eigenvalue weighted by Crippen LogP contribution is -2.41. The number of nitrogens with zero attached hydrogens (tertiary/aromatic N) is 1. The Bertz CT molecular complexity index is 740. The van der Waals surface area contributed by atoms with Crippen molar-refractivity contribution in [3.05, 3.63) is 70.5 Å². The zero-order chi connectivity index (χ0) is 19.2. The number of carbonyl (C=O) groups is 1. The molecule has 3 rings (SSSR count). The molecule has 5 heteroatoms. The summed E-state index contributed by atoms with van der Waals surface area (Å²) in [6.45, 7) is 4.81. The van der Waals surface area contributed by atoms with Crippen LogP contribution in [0.1, 0.15) is 36.8 Å². The molecule has 1 aliphatic rings. The van der Waals surface area contributed by atoms with Crippen LogP contribution in [0.4, 0.5) is 4.39 Å². The van der Waals surface area contributed by atoms with Crippen molar-refractivity contribution in [2.75, 3.05) is 19.6 Å². The molecular weight excluding hydrogens is 363 g/mol. The fourth-order valence-electron chi connectivity index (χ4n) is 3.56. The number of hydrogen-bond donors (Lipinski definition) is 1. The largest absolute Gasteiger partial charge is 0.355 e. The van der Waals surface area contributed by atoms with Crippen LogP contribution in [0.2, 0.25) is 5.02 Å². The highest BCUT2D eigenvalue weighted by molar-refractivity contribution is 6.31. The van der Waals surface area contributed by atoms with Gasteiger partial charge in [-0.1, -0.05) is 54.9 Å². The Morgan fingerprint density at radius 3 is 2.56 bits per heavy atom. The first-order valence-corrected chi connectivity index (χ1v) is 9.90. The van der Waals surface area contributed by atoms with Gasteiger partial charge in [0, 0.05) is 29.6 Å². The first-order valence-electron chi connectivity index (χ1n) is 9.52. The number of hydrogen-bond acceptors (Lipinski definition) is 2. The van der Waals surface area contributed by atoms with E-state index in [1.807, 2.05) is 18.2 Å². The SMILES string of the molecule is C[C@H](CNC(=O)C1CCN(Cc2c(F)cccc2Cl)CC1)c1ccccc1. The van der Waals surface area contributed by atoms with Crippen molar-refractivity contribution in [3.63, 3.8) is 0 Å². The van der Waals surface area contributed by atoms with Crippen LogP contribution in [0.3, 0.4) is 0 Å². The van der Waals surface area contributed by atoms with Crippen LogP contribution < -0.4 is 5.32 Å². The maximum Gasteiger partial charge on any atom is 0.223 e. The third-order valence-electron chi connectivity index (χ3n) is 5.35. The molecule has 1 saturated heterocycles. The average molecular weight is 389 g/mol. The van der Waals surface area contributed by atoms with E-state index in [-0.39, 0.29) is 17.6 Å². The molecule has 27 heavy (non-hydrogen) atoms. The first-order chi connectivity index (χ1) is 13.0. The molecule has 1 N–H and O–H groups in total. The Labute approximate surface area is 165 Å². The average Bonchev–Trinajstić information content (AvgIpc) is 2.70. The number of benzene rings is 2. The summed E-state index contributed by atoms with van der Waals surface area (Å²) in [6, 6.07) is 15.0. The second-order valence-electron chi connectivity index (χ2n) is 7.31. The zero-order valence-electron chi connectivity index (χ0n) is 15.6. The number of halogens is 2. The van der Waals surface area contributed by atoms with Gasteiger partial charge in [0.15, 0.2) is 0 Å². The monoisotopic (exact) mass is 388 g/mol. The normalized spacial score (nSPS) is 16.9. The molecule has 3 nitrogen and oxygen atoms in total. The van der Waals surface area contributed by atoms with Crippen molar-refractivity contribution in [2.24, 2.45) is 5.92 Å². The summed E-state index contributed by atoms with van der Waals surface area (Å²) in [5.41, 5.74) is 1.77. The third-order valence-corrected chi connectivity index (χ3v) is 5.71. The van der Waals surface area contributed by atoms with E-state index in [4.69, 9.17) is 11.6 Å². The van der Waals surface area contributed by atoms with Gasteiger partial charge in [0.2, 0.25) is 5.91 Å². The minimum absolute atomic E-state index is 0.0281. The smallest absolute Gasteiger partial charge is 0.223 e. The van der Waals surface area contributed by atoms with Crippen molar-refractivity contribution in [1.29, 1.82) is 0 Å². The molecule has 144 valence electrons. The highest BCUT2D eigenvalue weighted by Gasteiger charge is 2.26. The molecule has 0 radical (unpaired) electrons. The van der Waals surface area contributed by atoms with E-state index in [2.05, 4.69) is 29.3 Å². The van der Waals surface area contributed by atoms with Gasteiger partial charge in [-0.2, -0.15) is 0 Å². The summed E-state index contributed by atoms with van der Waals surface area (Å²) in [6.07, 6.45) is 1.58. The van der Waals surface area contributed by atoms with Crippen LogP contribution in [0.15, 0.2) is 48.5 Å². The first kappa shape index (κ1) is 19.8. The van der Waals surface area contributed by atoms with Gasteiger partial charge in [0.1, 0.15) is 5.82 Å². The molecule has 1 amide bonds. The Morgan fingerprint density at radius 1 is 1.19 bits per heavy atom. The van der Waals surface area contributed by atoms with Crippen LogP contribution >= 0.6 is 11.6 Å². The van der Waals surface area contributed by atoms with Crippen molar-refractivity contribution in [3.8, 4) is 0 Å². The van der Waals surface area contributed by atoms with Gasteiger partial charge in [-0.3, -0.25) is 9.69 Å². The highest BCUT2D eigenvalue weighted by atomic mass is 35.5. The van der Waals surface area contributed by atoms with Gasteiger partial charge in [0.05, 0.1) is 0 Å². The number of piperidine rings is 1. The number of likely N-dealkylation sites (tertiary alicyclic amines) is 1. The van der Waals surface area contributed by atoms with Crippen molar-refractivity contribution < 1.29 is 9.18 Å². The minimum atomic E-state index is -0.266. The summed E-state index contributed by atoms with van der Waals surface area (Å²) in [4.78, 5) is 14.7. The molecule has 0 unspecified atom stereocenters. The van der Waals surface area contributed by atoms with E-state index < -0.39 is 0 Å². The van der Waals surface area contributed by atoms with Crippen LogP contribution in [-0.2, 0) is 11.3 Å². The van der Waals surface area contributed by atoms with Gasteiger partial charge in [-0.05, 0) is 49.5 Å². The number of nitrogens with one attached hydrogen (secondary N) is 1. The molecule has 0 spiro atoms. The molecule has 2 aromatic carbocycles. The highest BCUT2D eigenvalue weighted by Crippen LogP contribution is 2.24. The van der Waals surface area contributed by atoms with Gasteiger partial charge in [-0.25, -0.2) is 4.39 Å². The van der Waals surface area contributed by atoms with Gasteiger partial charge < -0.3 is 5.32 Å². The van der Waals surface area contributed by atoms with Crippen molar-refractivity contribution >= 4 is 17.5 Å². The summed E-state index contributed by atoms with van der Waals surface area (Å²) in [7, 11) is 0. The second kappa shape index (κ2) is 9.34. The quantitative estimate of drug-likeness (QED) is 0.783. The Kier molecular flexibility index (Phi) is 6.86. The summed E-state index contributed by atoms with van der Waals surface area (Å²) >= 11 is 6.12. The number of rotatable bonds is 6. The van der Waals surface area contributed by atoms with E-state index in [0.717, 1.165) is 25.9 Å². The van der Waals surface area contributed by atoms with E-state index in [9.17, 15) is 9.18 Å². The second-order valence-corrected chi connectivity index (χ2v) is 7.71. The fourth-order valence-corrected chi connectivity index (χ4v) is 3.78. The third kappa shape index (κ3) is 5.30. The lowest BCUT2D eigenvalue weighted by Gasteiger charge is -2.31. The summed E-state index contributed by atoms with van der Waals surface area (Å²) < 4.78 is 14.0. The molecule has 0 aliphatic carbocycles. The molecule has 0 aromatic heterocycles. The van der Waals surface area contributed by atoms with Crippen LogP contribution in [0.25, 0.3) is 0 Å². The summed E-state index contributed by atoms with van der Waals surface area (Å²) in [5, 5.41) is 3.56. The maximum atomic E-state index is 14.0. The van der Waals surface area contributed by atoms with E-state index in [1.54, 1.807) is 12.1 Å². The van der Waals surface area contributed by atoms with Crippen LogP contribution in [-0.4, -0.2) is 30.4 Å². The molecule has 0 saturated carbocycles. The van der Waals surface area contributed by atoms with E-state index in [1.165, 1.54) is 11.6 Å². The predicted octanol–water partition coefficient (Wildman–Crippen LogP) is 4.61. The topological polar surface area (TPSA) is 32.3 Å². The van der Waals surface area contributed by atoms with Crippen LogP contribution in [0, 0.1) is 11.7 Å². The summed E-state index contributed by atoms with van der Waals surface area (Å²) in [5.74, 6) is 0.178.